The van der Waals surface area contributed by atoms with E-state index in [-0.39, 0.29) is 16.9 Å². The maximum Gasteiger partial charge on any atom is 0.417 e. The molecule has 0 saturated carbocycles. The van der Waals surface area contributed by atoms with E-state index in [9.17, 15) is 37.0 Å². The minimum atomic E-state index is -4.87. The third-order valence-electron chi connectivity index (χ3n) is 5.79. The Labute approximate surface area is 191 Å². The van der Waals surface area contributed by atoms with Crippen molar-refractivity contribution < 1.29 is 46.4 Å². The van der Waals surface area contributed by atoms with E-state index in [1.54, 1.807) is 0 Å². The Balaban J connectivity index is 2.00. The maximum absolute atomic E-state index is 14.3. The molecule has 1 amide bonds. The first-order chi connectivity index (χ1) is 15.7. The number of hydrogen-bond acceptors (Lipinski definition) is 6. The number of halogens is 5. The summed E-state index contributed by atoms with van der Waals surface area (Å²) >= 11 is 0. The van der Waals surface area contributed by atoms with Crippen molar-refractivity contribution in [2.75, 3.05) is 19.0 Å². The van der Waals surface area contributed by atoms with E-state index in [0.29, 0.717) is 0 Å². The second kappa shape index (κ2) is 9.08. The monoisotopic (exact) mass is 490 g/mol. The molecule has 0 radical (unpaired) electrons. The molecule has 3 N–H and O–H groups in total. The number of pyridine rings is 1. The van der Waals surface area contributed by atoms with Crippen LogP contribution in [0.25, 0.3) is 0 Å². The van der Waals surface area contributed by atoms with E-state index < -0.39 is 65.7 Å². The second-order valence-electron chi connectivity index (χ2n) is 8.41. The van der Waals surface area contributed by atoms with E-state index in [1.165, 1.54) is 25.3 Å². The molecule has 2 aromatic rings. The van der Waals surface area contributed by atoms with Crippen molar-refractivity contribution in [2.24, 2.45) is 0 Å². The van der Waals surface area contributed by atoms with Gasteiger partial charge in [0.2, 0.25) is 5.82 Å². The largest absolute Gasteiger partial charge is 0.493 e. The number of benzene rings is 1. The summed E-state index contributed by atoms with van der Waals surface area (Å²) in [4.78, 5) is 17.0. The van der Waals surface area contributed by atoms with Gasteiger partial charge >= 0.3 is 6.18 Å². The van der Waals surface area contributed by atoms with E-state index in [4.69, 9.17) is 9.47 Å². The Morgan fingerprint density at radius 2 is 2.00 bits per heavy atom. The van der Waals surface area contributed by atoms with Crippen LogP contribution in [0.15, 0.2) is 30.5 Å². The molecule has 1 aliphatic heterocycles. The number of rotatable bonds is 6. The molecule has 7 nitrogen and oxygen atoms in total. The van der Waals surface area contributed by atoms with Crippen molar-refractivity contribution in [2.45, 2.75) is 49.7 Å². The summed E-state index contributed by atoms with van der Waals surface area (Å²) in [6.07, 6.45) is -6.15. The van der Waals surface area contributed by atoms with Gasteiger partial charge in [0.1, 0.15) is 11.7 Å². The van der Waals surface area contributed by atoms with Gasteiger partial charge in [-0.25, -0.2) is 4.39 Å². The zero-order valence-corrected chi connectivity index (χ0v) is 18.4. The lowest BCUT2D eigenvalue weighted by atomic mass is 9.85. The molecule has 1 aromatic carbocycles. The maximum atomic E-state index is 14.3. The molecule has 0 unspecified atom stereocenters. The summed E-state index contributed by atoms with van der Waals surface area (Å²) in [6.45, 7) is 1.37. The first kappa shape index (κ1) is 25.8. The number of amides is 1. The van der Waals surface area contributed by atoms with E-state index in [0.717, 1.165) is 26.2 Å². The number of ether oxygens (including phenoxy) is 2. The van der Waals surface area contributed by atoms with Gasteiger partial charge in [-0.1, -0.05) is 6.07 Å². The zero-order chi connectivity index (χ0) is 25.5. The smallest absolute Gasteiger partial charge is 0.417 e. The first-order valence-corrected chi connectivity index (χ1v) is 10.1. The Hall–Kier alpha value is -2.83. The lowest BCUT2D eigenvalue weighted by molar-refractivity contribution is -0.261. The molecule has 4 atom stereocenters. The Morgan fingerprint density at radius 1 is 1.32 bits per heavy atom. The lowest BCUT2D eigenvalue weighted by Crippen LogP contribution is -2.43. The van der Waals surface area contributed by atoms with Crippen molar-refractivity contribution in [1.29, 1.82) is 0 Å². The number of aliphatic hydroxyl groups is 2. The molecule has 34 heavy (non-hydrogen) atoms. The fraction of sp³-hybridized carbons (Fsp3) is 0.455. The topological polar surface area (TPSA) is 101 Å². The Bertz CT molecular complexity index is 1080. The summed E-state index contributed by atoms with van der Waals surface area (Å²) in [5.74, 6) is -5.61. The summed E-state index contributed by atoms with van der Waals surface area (Å²) in [6, 6.07) is 4.34. The van der Waals surface area contributed by atoms with Crippen molar-refractivity contribution in [3.05, 3.63) is 53.4 Å². The normalized spacial score (nSPS) is 24.5. The van der Waals surface area contributed by atoms with Gasteiger partial charge in [-0.3, -0.25) is 9.78 Å². The number of carbonyl (C=O) groups excluding carboxylic acids is 1. The summed E-state index contributed by atoms with van der Waals surface area (Å²) < 4.78 is 79.4. The molecule has 0 bridgehead atoms. The quantitative estimate of drug-likeness (QED) is 0.537. The van der Waals surface area contributed by atoms with Crippen LogP contribution in [-0.4, -0.2) is 52.7 Å². The molecule has 1 fully saturated rings. The minimum Gasteiger partial charge on any atom is -0.493 e. The van der Waals surface area contributed by atoms with Gasteiger partial charge in [0.25, 0.3) is 5.91 Å². The van der Waals surface area contributed by atoms with Crippen LogP contribution in [0.2, 0.25) is 0 Å². The van der Waals surface area contributed by atoms with Gasteiger partial charge in [-0.15, -0.1) is 0 Å². The fourth-order valence-corrected chi connectivity index (χ4v) is 3.77. The summed E-state index contributed by atoms with van der Waals surface area (Å²) in [5.41, 5.74) is -4.59. The van der Waals surface area contributed by atoms with E-state index in [1.807, 2.05) is 0 Å². The summed E-state index contributed by atoms with van der Waals surface area (Å²) in [5, 5.41) is 21.9. The van der Waals surface area contributed by atoms with Gasteiger partial charge < -0.3 is 25.0 Å². The van der Waals surface area contributed by atoms with Crippen LogP contribution in [0.4, 0.5) is 27.6 Å². The average Bonchev–Trinajstić information content (AvgIpc) is 3.14. The third-order valence-corrected chi connectivity index (χ3v) is 5.79. The van der Waals surface area contributed by atoms with Crippen molar-refractivity contribution in [3.8, 4) is 5.75 Å². The van der Waals surface area contributed by atoms with Crippen LogP contribution in [0.5, 0.6) is 5.75 Å². The SMILES string of the molecule is COc1c([C@H]2C[C@@](C)(C(F)(F)F)O[C@@H]2C(=O)Nc2ccnc([C@](C)(O)CO)c2)ccc(F)c1F. The third kappa shape index (κ3) is 4.70. The molecule has 12 heteroatoms. The molecule has 186 valence electrons. The number of aromatic nitrogens is 1. The predicted molar refractivity (Wildman–Crippen MR) is 109 cm³/mol. The number of methoxy groups -OCH3 is 1. The van der Waals surface area contributed by atoms with Crippen molar-refractivity contribution in [1.82, 2.24) is 4.98 Å². The Morgan fingerprint density at radius 3 is 2.59 bits per heavy atom. The zero-order valence-electron chi connectivity index (χ0n) is 18.4. The number of nitrogens with zero attached hydrogens (tertiary/aromatic N) is 1. The van der Waals surface area contributed by atoms with Crippen LogP contribution in [-0.2, 0) is 15.1 Å². The molecule has 0 aliphatic carbocycles. The minimum absolute atomic E-state index is 0.000838. The molecule has 2 heterocycles. The van der Waals surface area contributed by atoms with Crippen LogP contribution in [0.3, 0.4) is 0 Å². The molecular formula is C22H23F5N2O5. The highest BCUT2D eigenvalue weighted by Crippen LogP contribution is 2.51. The predicted octanol–water partition coefficient (Wildman–Crippen LogP) is 3.40. The van der Waals surface area contributed by atoms with E-state index >= 15 is 0 Å². The molecule has 3 rings (SSSR count). The molecule has 1 aromatic heterocycles. The standard InChI is InChI=1S/C22H23F5N2O5/c1-20(32,10-30)15-8-11(6-7-28-15)29-19(31)18-13(9-21(2,34-18)22(25,26)27)12-4-5-14(23)16(24)17(12)33-3/h4-8,13,18,30,32H,9-10H2,1-3H3,(H,28,29,31)/t13-,18+,20-,21+/m1/s1. The molecule has 0 spiro atoms. The van der Waals surface area contributed by atoms with Crippen LogP contribution < -0.4 is 10.1 Å². The molecule has 1 aliphatic rings. The van der Waals surface area contributed by atoms with Gasteiger partial charge in [0.15, 0.2) is 17.2 Å². The Kier molecular flexibility index (Phi) is 6.89. The van der Waals surface area contributed by atoms with Gasteiger partial charge in [-0.2, -0.15) is 17.6 Å². The van der Waals surface area contributed by atoms with Crippen LogP contribution in [0.1, 0.15) is 37.4 Å². The van der Waals surface area contributed by atoms with Crippen molar-refractivity contribution >= 4 is 11.6 Å². The highest BCUT2D eigenvalue weighted by molar-refractivity contribution is 5.95. The highest BCUT2D eigenvalue weighted by atomic mass is 19.4. The van der Waals surface area contributed by atoms with Gasteiger partial charge in [0, 0.05) is 23.4 Å². The van der Waals surface area contributed by atoms with Crippen LogP contribution >= 0.6 is 0 Å². The average molecular weight is 490 g/mol. The lowest BCUT2D eigenvalue weighted by Gasteiger charge is -2.27. The first-order valence-electron chi connectivity index (χ1n) is 10.1. The molecular weight excluding hydrogens is 467 g/mol. The number of alkyl halides is 3. The van der Waals surface area contributed by atoms with Crippen LogP contribution in [0, 0.1) is 11.6 Å². The number of nitrogens with one attached hydrogen (secondary N) is 1. The summed E-state index contributed by atoms with van der Waals surface area (Å²) in [7, 11) is 1.03. The van der Waals surface area contributed by atoms with Gasteiger partial charge in [-0.05, 0) is 38.5 Å². The number of aliphatic hydroxyl groups excluding tert-OH is 1. The fourth-order valence-electron chi connectivity index (χ4n) is 3.77. The second-order valence-corrected chi connectivity index (χ2v) is 8.41. The highest BCUT2D eigenvalue weighted by Gasteiger charge is 2.61. The number of hydrogen-bond donors (Lipinski definition) is 3. The number of carbonyl (C=O) groups is 1. The number of anilines is 1. The molecule has 1 saturated heterocycles. The van der Waals surface area contributed by atoms with Gasteiger partial charge in [0.05, 0.1) is 19.4 Å². The van der Waals surface area contributed by atoms with Crippen molar-refractivity contribution in [3.63, 3.8) is 0 Å². The van der Waals surface area contributed by atoms with E-state index in [2.05, 4.69) is 10.3 Å².